The van der Waals surface area contributed by atoms with Crippen molar-refractivity contribution in [2.75, 3.05) is 20.4 Å². The lowest BCUT2D eigenvalue weighted by Gasteiger charge is -2.30. The fraction of sp³-hybridized carbons (Fsp3) is 0.273. The maximum absolute atomic E-state index is 12.6. The number of aromatic nitrogens is 1. The summed E-state index contributed by atoms with van der Waals surface area (Å²) in [6.45, 7) is 0.208. The summed E-state index contributed by atoms with van der Waals surface area (Å²) in [4.78, 5) is 29.3. The maximum Gasteiger partial charge on any atom is 0.245 e. The number of nitrogens with one attached hydrogen (secondary N) is 2. The maximum atomic E-state index is 12.6. The van der Waals surface area contributed by atoms with Gasteiger partial charge in [0.25, 0.3) is 0 Å². The lowest BCUT2D eigenvalue weighted by atomic mass is 9.96. The Balaban J connectivity index is 1.55. The van der Waals surface area contributed by atoms with Gasteiger partial charge in [0.1, 0.15) is 12.1 Å². The number of para-hydroxylation sites is 1. The SMILES string of the molecule is CN1CC(=O)N[C@@H](Cc2c(C(O)c3ccc4c(c3)OCO4)[nH]c3ccccc23)C1=O. The zero-order chi connectivity index (χ0) is 20.8. The fourth-order valence-electron chi connectivity index (χ4n) is 4.13. The molecular weight excluding hydrogens is 386 g/mol. The first-order valence-electron chi connectivity index (χ1n) is 9.72. The van der Waals surface area contributed by atoms with E-state index in [1.165, 1.54) is 4.90 Å². The molecule has 3 aromatic rings. The normalized spacial score (nSPS) is 19.3. The number of H-pyrrole nitrogens is 1. The summed E-state index contributed by atoms with van der Waals surface area (Å²) >= 11 is 0. The molecule has 1 unspecified atom stereocenters. The Bertz CT molecular complexity index is 1150. The van der Waals surface area contributed by atoms with Gasteiger partial charge in [0.15, 0.2) is 11.5 Å². The number of fused-ring (bicyclic) bond motifs is 2. The summed E-state index contributed by atoms with van der Waals surface area (Å²) in [5.74, 6) is 0.880. The minimum Gasteiger partial charge on any atom is -0.454 e. The molecule has 8 heteroatoms. The minimum absolute atomic E-state index is 0.0515. The average Bonchev–Trinajstić information content (AvgIpc) is 3.35. The zero-order valence-electron chi connectivity index (χ0n) is 16.3. The number of hydrogen-bond acceptors (Lipinski definition) is 5. The molecule has 1 aromatic heterocycles. The Hall–Kier alpha value is -3.52. The highest BCUT2D eigenvalue weighted by Gasteiger charge is 2.33. The van der Waals surface area contributed by atoms with Crippen LogP contribution in [0.4, 0.5) is 0 Å². The van der Waals surface area contributed by atoms with E-state index >= 15 is 0 Å². The number of aromatic amines is 1. The van der Waals surface area contributed by atoms with Crippen LogP contribution in [-0.4, -0.2) is 53.2 Å². The lowest BCUT2D eigenvalue weighted by molar-refractivity contribution is -0.142. The molecule has 2 atom stereocenters. The van der Waals surface area contributed by atoms with Crippen LogP contribution in [0, 0.1) is 0 Å². The van der Waals surface area contributed by atoms with Gasteiger partial charge in [-0.3, -0.25) is 9.59 Å². The number of amides is 2. The van der Waals surface area contributed by atoms with Gasteiger partial charge in [-0.2, -0.15) is 0 Å². The largest absolute Gasteiger partial charge is 0.454 e. The molecule has 154 valence electrons. The van der Waals surface area contributed by atoms with E-state index in [2.05, 4.69) is 10.3 Å². The Kier molecular flexibility index (Phi) is 4.36. The highest BCUT2D eigenvalue weighted by Crippen LogP contribution is 2.37. The molecule has 2 amide bonds. The number of likely N-dealkylation sites (N-methyl/N-ethyl adjacent to an activating group) is 1. The number of hydrogen-bond donors (Lipinski definition) is 3. The second-order valence-corrected chi connectivity index (χ2v) is 7.60. The van der Waals surface area contributed by atoms with Crippen molar-refractivity contribution in [1.29, 1.82) is 0 Å². The van der Waals surface area contributed by atoms with Gasteiger partial charge in [-0.15, -0.1) is 0 Å². The number of piperazine rings is 1. The van der Waals surface area contributed by atoms with Crippen molar-refractivity contribution in [3.05, 3.63) is 59.3 Å². The molecular formula is C22H21N3O5. The molecule has 5 rings (SSSR count). The molecule has 8 nitrogen and oxygen atoms in total. The molecule has 3 N–H and O–H groups in total. The van der Waals surface area contributed by atoms with E-state index in [-0.39, 0.29) is 31.6 Å². The molecule has 2 aromatic carbocycles. The molecule has 0 saturated carbocycles. The number of rotatable bonds is 4. The van der Waals surface area contributed by atoms with Gasteiger partial charge in [-0.1, -0.05) is 24.3 Å². The molecule has 1 fully saturated rings. The highest BCUT2D eigenvalue weighted by molar-refractivity contribution is 5.95. The van der Waals surface area contributed by atoms with Crippen molar-refractivity contribution in [3.8, 4) is 11.5 Å². The molecule has 3 heterocycles. The van der Waals surface area contributed by atoms with Gasteiger partial charge in [0, 0.05) is 24.4 Å². The van der Waals surface area contributed by atoms with Crippen LogP contribution < -0.4 is 14.8 Å². The van der Waals surface area contributed by atoms with Crippen molar-refractivity contribution >= 4 is 22.7 Å². The third kappa shape index (κ3) is 3.05. The Morgan fingerprint density at radius 3 is 2.83 bits per heavy atom. The van der Waals surface area contributed by atoms with Crippen LogP contribution in [-0.2, 0) is 16.0 Å². The summed E-state index contributed by atoms with van der Waals surface area (Å²) in [6, 6.07) is 12.3. The summed E-state index contributed by atoms with van der Waals surface area (Å²) in [6.07, 6.45) is -0.690. The van der Waals surface area contributed by atoms with Gasteiger partial charge in [0.2, 0.25) is 18.6 Å². The monoisotopic (exact) mass is 407 g/mol. The van der Waals surface area contributed by atoms with Crippen LogP contribution in [0.15, 0.2) is 42.5 Å². The smallest absolute Gasteiger partial charge is 0.245 e. The minimum atomic E-state index is -0.964. The summed E-state index contributed by atoms with van der Waals surface area (Å²) in [5, 5.41) is 14.9. The van der Waals surface area contributed by atoms with Crippen LogP contribution in [0.2, 0.25) is 0 Å². The topological polar surface area (TPSA) is 104 Å². The molecule has 0 spiro atoms. The first kappa shape index (κ1) is 18.5. The van der Waals surface area contributed by atoms with Crippen LogP contribution in [0.25, 0.3) is 10.9 Å². The Labute approximate surface area is 172 Å². The van der Waals surface area contributed by atoms with Crippen LogP contribution in [0.1, 0.15) is 22.9 Å². The van der Waals surface area contributed by atoms with Gasteiger partial charge in [-0.25, -0.2) is 0 Å². The van der Waals surface area contributed by atoms with Crippen molar-refractivity contribution < 1.29 is 24.2 Å². The van der Waals surface area contributed by atoms with Gasteiger partial charge in [-0.05, 0) is 29.3 Å². The molecule has 0 aliphatic carbocycles. The average molecular weight is 407 g/mol. The van der Waals surface area contributed by atoms with Crippen LogP contribution >= 0.6 is 0 Å². The molecule has 2 aliphatic heterocycles. The van der Waals surface area contributed by atoms with E-state index in [4.69, 9.17) is 9.47 Å². The number of carbonyl (C=O) groups is 2. The molecule has 0 bridgehead atoms. The molecule has 1 saturated heterocycles. The summed E-state index contributed by atoms with van der Waals surface area (Å²) in [7, 11) is 1.62. The number of benzene rings is 2. The summed E-state index contributed by atoms with van der Waals surface area (Å²) < 4.78 is 10.8. The van der Waals surface area contributed by atoms with Crippen molar-refractivity contribution in [2.24, 2.45) is 0 Å². The second kappa shape index (κ2) is 7.07. The predicted octanol–water partition coefficient (Wildman–Crippen LogP) is 1.48. The number of aliphatic hydroxyl groups excluding tert-OH is 1. The van der Waals surface area contributed by atoms with Gasteiger partial charge < -0.3 is 29.8 Å². The number of aliphatic hydroxyl groups is 1. The molecule has 2 aliphatic rings. The van der Waals surface area contributed by atoms with Crippen LogP contribution in [0.5, 0.6) is 11.5 Å². The Morgan fingerprint density at radius 1 is 1.17 bits per heavy atom. The van der Waals surface area contributed by atoms with E-state index < -0.39 is 12.1 Å². The predicted molar refractivity (Wildman–Crippen MR) is 108 cm³/mol. The zero-order valence-corrected chi connectivity index (χ0v) is 16.3. The van der Waals surface area contributed by atoms with Crippen molar-refractivity contribution in [1.82, 2.24) is 15.2 Å². The van der Waals surface area contributed by atoms with Gasteiger partial charge >= 0.3 is 0 Å². The van der Waals surface area contributed by atoms with Gasteiger partial charge in [0.05, 0.1) is 12.2 Å². The van der Waals surface area contributed by atoms with E-state index in [0.717, 1.165) is 16.5 Å². The quantitative estimate of drug-likeness (QED) is 0.608. The second-order valence-electron chi connectivity index (χ2n) is 7.60. The first-order chi connectivity index (χ1) is 14.5. The van der Waals surface area contributed by atoms with Crippen molar-refractivity contribution in [3.63, 3.8) is 0 Å². The fourth-order valence-corrected chi connectivity index (χ4v) is 4.13. The highest BCUT2D eigenvalue weighted by atomic mass is 16.7. The first-order valence-corrected chi connectivity index (χ1v) is 9.72. The van der Waals surface area contributed by atoms with Crippen LogP contribution in [0.3, 0.4) is 0 Å². The van der Waals surface area contributed by atoms with E-state index in [9.17, 15) is 14.7 Å². The van der Waals surface area contributed by atoms with Crippen molar-refractivity contribution in [2.45, 2.75) is 18.6 Å². The number of nitrogens with zero attached hydrogens (tertiary/aromatic N) is 1. The summed E-state index contributed by atoms with van der Waals surface area (Å²) in [5.41, 5.74) is 2.88. The lowest BCUT2D eigenvalue weighted by Crippen LogP contribution is -2.57. The van der Waals surface area contributed by atoms with E-state index in [1.807, 2.05) is 24.3 Å². The molecule has 0 radical (unpaired) electrons. The standard InChI is InChI=1S/C22H21N3O5/c1-25-10-19(26)23-16(22(25)28)9-14-13-4-2-3-5-15(13)24-20(14)21(27)12-6-7-17-18(8-12)30-11-29-17/h2-8,16,21,24,27H,9-11H2,1H3,(H,23,26)/t16-,21?/m0/s1. The number of carbonyl (C=O) groups excluding carboxylic acids is 2. The third-order valence-corrected chi connectivity index (χ3v) is 5.63. The molecule has 30 heavy (non-hydrogen) atoms. The Morgan fingerprint density at radius 2 is 1.97 bits per heavy atom. The number of ether oxygens (including phenoxy) is 2. The van der Waals surface area contributed by atoms with E-state index in [0.29, 0.717) is 22.8 Å². The van der Waals surface area contributed by atoms with E-state index in [1.54, 1.807) is 25.2 Å². The third-order valence-electron chi connectivity index (χ3n) is 5.63.